The van der Waals surface area contributed by atoms with Crippen molar-refractivity contribution >= 4 is 23.4 Å². The van der Waals surface area contributed by atoms with Gasteiger partial charge in [-0.1, -0.05) is 41.9 Å². The van der Waals surface area contributed by atoms with Gasteiger partial charge >= 0.3 is 0 Å². The number of nitrogens with one attached hydrogen (secondary N) is 2. The summed E-state index contributed by atoms with van der Waals surface area (Å²) in [4.78, 5) is 22.9. The second-order valence-electron chi connectivity index (χ2n) is 4.88. The molecule has 0 aliphatic heterocycles. The summed E-state index contributed by atoms with van der Waals surface area (Å²) in [7, 11) is 0. The van der Waals surface area contributed by atoms with Crippen LogP contribution in [0.4, 0.5) is 0 Å². The summed E-state index contributed by atoms with van der Waals surface area (Å²) in [5.41, 5.74) is 2.39. The van der Waals surface area contributed by atoms with Crippen LogP contribution >= 0.6 is 11.6 Å². The molecule has 114 valence electrons. The molecule has 2 aromatic carbocycles. The highest BCUT2D eigenvalue weighted by Crippen LogP contribution is 2.14. The fourth-order valence-electron chi connectivity index (χ4n) is 1.92. The number of halogens is 1. The molecular weight excluding hydrogens is 300 g/mol. The fourth-order valence-corrected chi connectivity index (χ4v) is 2.12. The normalized spacial score (nSPS) is 10.1. The molecule has 2 rings (SSSR count). The topological polar surface area (TPSA) is 58.2 Å². The second-order valence-corrected chi connectivity index (χ2v) is 5.29. The summed E-state index contributed by atoms with van der Waals surface area (Å²) in [6.45, 7) is 2.31. The second kappa shape index (κ2) is 7.61. The lowest BCUT2D eigenvalue weighted by molar-refractivity contribution is -0.119. The molecule has 5 heteroatoms. The van der Waals surface area contributed by atoms with Crippen molar-refractivity contribution < 1.29 is 9.59 Å². The van der Waals surface area contributed by atoms with Crippen molar-refractivity contribution in [3.8, 4) is 0 Å². The molecule has 0 atom stereocenters. The Labute approximate surface area is 134 Å². The zero-order valence-corrected chi connectivity index (χ0v) is 13.0. The number of amides is 2. The van der Waals surface area contributed by atoms with Gasteiger partial charge in [-0.2, -0.15) is 0 Å². The van der Waals surface area contributed by atoms with Crippen molar-refractivity contribution in [1.82, 2.24) is 10.6 Å². The average molecular weight is 317 g/mol. The van der Waals surface area contributed by atoms with Crippen LogP contribution in [0.1, 0.15) is 28.4 Å². The Bertz CT molecular complexity index is 669. The fraction of sp³-hybridized carbons (Fsp3) is 0.176. The van der Waals surface area contributed by atoms with E-state index in [2.05, 4.69) is 10.6 Å². The average Bonchev–Trinajstić information content (AvgIpc) is 2.52. The molecule has 0 fully saturated rings. The van der Waals surface area contributed by atoms with Crippen LogP contribution in [0.25, 0.3) is 0 Å². The first-order valence-electron chi connectivity index (χ1n) is 6.91. The lowest BCUT2D eigenvalue weighted by atomic mass is 10.1. The van der Waals surface area contributed by atoms with Gasteiger partial charge in [0.2, 0.25) is 5.91 Å². The van der Waals surface area contributed by atoms with E-state index in [-0.39, 0.29) is 11.8 Å². The molecule has 0 saturated carbocycles. The maximum absolute atomic E-state index is 12.1. The standard InChI is InChI=1S/C17H17ClN2O2/c1-12(21)19-10-13-6-8-14(9-7-13)17(22)20-11-15-4-2-3-5-16(15)18/h2-9H,10-11H2,1H3,(H,19,21)(H,20,22). The first-order valence-corrected chi connectivity index (χ1v) is 7.29. The Balaban J connectivity index is 1.92. The van der Waals surface area contributed by atoms with Crippen LogP contribution < -0.4 is 10.6 Å². The van der Waals surface area contributed by atoms with Crippen molar-refractivity contribution in [2.45, 2.75) is 20.0 Å². The molecule has 4 nitrogen and oxygen atoms in total. The van der Waals surface area contributed by atoms with Gasteiger partial charge < -0.3 is 10.6 Å². The van der Waals surface area contributed by atoms with Crippen molar-refractivity contribution in [2.75, 3.05) is 0 Å². The molecule has 0 aliphatic carbocycles. The number of benzene rings is 2. The Kier molecular flexibility index (Phi) is 5.55. The predicted molar refractivity (Wildman–Crippen MR) is 86.6 cm³/mol. The first-order chi connectivity index (χ1) is 10.6. The van der Waals surface area contributed by atoms with E-state index in [0.717, 1.165) is 11.1 Å². The molecule has 0 saturated heterocycles. The summed E-state index contributed by atoms with van der Waals surface area (Å²) < 4.78 is 0. The van der Waals surface area contributed by atoms with Gasteiger partial charge in [-0.15, -0.1) is 0 Å². The SMILES string of the molecule is CC(=O)NCc1ccc(C(=O)NCc2ccccc2Cl)cc1. The van der Waals surface area contributed by atoms with E-state index in [9.17, 15) is 9.59 Å². The van der Waals surface area contributed by atoms with E-state index < -0.39 is 0 Å². The number of hydrogen-bond donors (Lipinski definition) is 2. The third-order valence-electron chi connectivity index (χ3n) is 3.15. The van der Waals surface area contributed by atoms with Crippen LogP contribution in [-0.2, 0) is 17.9 Å². The molecular formula is C17H17ClN2O2. The molecule has 0 bridgehead atoms. The quantitative estimate of drug-likeness (QED) is 0.891. The number of carbonyl (C=O) groups is 2. The maximum atomic E-state index is 12.1. The van der Waals surface area contributed by atoms with E-state index in [4.69, 9.17) is 11.6 Å². The largest absolute Gasteiger partial charge is 0.352 e. The zero-order chi connectivity index (χ0) is 15.9. The summed E-state index contributed by atoms with van der Waals surface area (Å²) in [6, 6.07) is 14.5. The summed E-state index contributed by atoms with van der Waals surface area (Å²) in [5, 5.41) is 6.17. The van der Waals surface area contributed by atoms with Crippen molar-refractivity contribution in [2.24, 2.45) is 0 Å². The van der Waals surface area contributed by atoms with Gasteiger partial charge in [-0.25, -0.2) is 0 Å². The van der Waals surface area contributed by atoms with Gasteiger partial charge in [0.25, 0.3) is 5.91 Å². The monoisotopic (exact) mass is 316 g/mol. The minimum Gasteiger partial charge on any atom is -0.352 e. The maximum Gasteiger partial charge on any atom is 0.251 e. The zero-order valence-electron chi connectivity index (χ0n) is 12.2. The minimum atomic E-state index is -0.161. The molecule has 22 heavy (non-hydrogen) atoms. The molecule has 0 unspecified atom stereocenters. The minimum absolute atomic E-state index is 0.0819. The Hall–Kier alpha value is -2.33. The van der Waals surface area contributed by atoms with E-state index in [0.29, 0.717) is 23.7 Å². The molecule has 0 radical (unpaired) electrons. The Morgan fingerprint density at radius 3 is 2.27 bits per heavy atom. The van der Waals surface area contributed by atoms with Gasteiger partial charge in [-0.05, 0) is 29.3 Å². The highest BCUT2D eigenvalue weighted by atomic mass is 35.5. The van der Waals surface area contributed by atoms with Gasteiger partial charge in [0.05, 0.1) is 0 Å². The van der Waals surface area contributed by atoms with Crippen LogP contribution in [0.3, 0.4) is 0 Å². The number of rotatable bonds is 5. The highest BCUT2D eigenvalue weighted by Gasteiger charge is 2.06. The van der Waals surface area contributed by atoms with Crippen molar-refractivity contribution in [3.05, 3.63) is 70.2 Å². The van der Waals surface area contributed by atoms with E-state index in [1.165, 1.54) is 6.92 Å². The van der Waals surface area contributed by atoms with Crippen LogP contribution in [0.5, 0.6) is 0 Å². The lowest BCUT2D eigenvalue weighted by Gasteiger charge is -2.08. The summed E-state index contributed by atoms with van der Waals surface area (Å²) >= 11 is 6.05. The molecule has 2 aromatic rings. The van der Waals surface area contributed by atoms with Gasteiger partial charge in [0, 0.05) is 30.6 Å². The van der Waals surface area contributed by atoms with Crippen molar-refractivity contribution in [1.29, 1.82) is 0 Å². The van der Waals surface area contributed by atoms with E-state index in [1.807, 2.05) is 30.3 Å². The van der Waals surface area contributed by atoms with Crippen LogP contribution in [0, 0.1) is 0 Å². The van der Waals surface area contributed by atoms with Crippen molar-refractivity contribution in [3.63, 3.8) is 0 Å². The lowest BCUT2D eigenvalue weighted by Crippen LogP contribution is -2.23. The molecule has 2 amide bonds. The van der Waals surface area contributed by atoms with Gasteiger partial charge in [0.15, 0.2) is 0 Å². The predicted octanol–water partition coefficient (Wildman–Crippen LogP) is 2.91. The Morgan fingerprint density at radius 2 is 1.64 bits per heavy atom. The summed E-state index contributed by atoms with van der Waals surface area (Å²) in [5.74, 6) is -0.243. The smallest absolute Gasteiger partial charge is 0.251 e. The molecule has 0 heterocycles. The van der Waals surface area contributed by atoms with Gasteiger partial charge in [-0.3, -0.25) is 9.59 Å². The number of carbonyl (C=O) groups excluding carboxylic acids is 2. The van der Waals surface area contributed by atoms with Gasteiger partial charge in [0.1, 0.15) is 0 Å². The summed E-state index contributed by atoms with van der Waals surface area (Å²) in [6.07, 6.45) is 0. The first kappa shape index (κ1) is 16.0. The third kappa shape index (κ3) is 4.60. The molecule has 0 aliphatic rings. The van der Waals surface area contributed by atoms with Crippen LogP contribution in [-0.4, -0.2) is 11.8 Å². The molecule has 0 spiro atoms. The highest BCUT2D eigenvalue weighted by molar-refractivity contribution is 6.31. The van der Waals surface area contributed by atoms with Crippen LogP contribution in [0.15, 0.2) is 48.5 Å². The molecule has 2 N–H and O–H groups in total. The van der Waals surface area contributed by atoms with Crippen LogP contribution in [0.2, 0.25) is 5.02 Å². The molecule has 0 aromatic heterocycles. The number of hydrogen-bond acceptors (Lipinski definition) is 2. The van der Waals surface area contributed by atoms with E-state index in [1.54, 1.807) is 18.2 Å². The Morgan fingerprint density at radius 1 is 0.955 bits per heavy atom. The van der Waals surface area contributed by atoms with E-state index >= 15 is 0 Å². The third-order valence-corrected chi connectivity index (χ3v) is 3.52.